The van der Waals surface area contributed by atoms with Gasteiger partial charge in [0, 0.05) is 17.8 Å². The third-order valence-electron chi connectivity index (χ3n) is 1.37. The van der Waals surface area contributed by atoms with Gasteiger partial charge in [-0.15, -0.1) is 0 Å². The van der Waals surface area contributed by atoms with E-state index in [-0.39, 0.29) is 5.56 Å². The number of rotatable bonds is 1. The van der Waals surface area contributed by atoms with E-state index in [4.69, 9.17) is 5.73 Å². The maximum absolute atomic E-state index is 12.7. The number of halogens is 2. The molecule has 0 aliphatic heterocycles. The summed E-state index contributed by atoms with van der Waals surface area (Å²) >= 11 is 0. The Morgan fingerprint density at radius 1 is 1.55 bits per heavy atom. The van der Waals surface area contributed by atoms with Crippen LogP contribution in [-0.2, 0) is 0 Å². The van der Waals surface area contributed by atoms with Crippen LogP contribution in [0, 0.1) is 11.8 Å². The fourth-order valence-corrected chi connectivity index (χ4v) is 0.784. The Labute approximate surface area is 63.1 Å². The van der Waals surface area contributed by atoms with Gasteiger partial charge in [0.1, 0.15) is 0 Å². The highest BCUT2D eigenvalue weighted by atomic mass is 19.2. The molecule has 2 N–H and O–H groups in total. The Bertz CT molecular complexity index is 261. The van der Waals surface area contributed by atoms with Crippen LogP contribution in [0.5, 0.6) is 0 Å². The van der Waals surface area contributed by atoms with E-state index >= 15 is 0 Å². The molecule has 0 aliphatic carbocycles. The normalized spacial score (nSPS) is 13.1. The number of pyridine rings is 1. The fraction of sp³-hybridized carbons (Fsp3) is 0.286. The van der Waals surface area contributed by atoms with Gasteiger partial charge in [-0.25, -0.2) is 9.37 Å². The average molecular weight is 158 g/mol. The second-order valence-electron chi connectivity index (χ2n) is 2.29. The molecule has 11 heavy (non-hydrogen) atoms. The van der Waals surface area contributed by atoms with Crippen LogP contribution in [0.15, 0.2) is 12.3 Å². The molecule has 0 spiro atoms. The van der Waals surface area contributed by atoms with E-state index in [0.29, 0.717) is 0 Å². The summed E-state index contributed by atoms with van der Waals surface area (Å²) in [5.41, 5.74) is 5.50. The van der Waals surface area contributed by atoms with Gasteiger partial charge in [0.15, 0.2) is 5.82 Å². The van der Waals surface area contributed by atoms with Crippen LogP contribution in [0.2, 0.25) is 0 Å². The van der Waals surface area contributed by atoms with Gasteiger partial charge in [-0.1, -0.05) is 0 Å². The quantitative estimate of drug-likeness (QED) is 0.627. The minimum atomic E-state index is -1.10. The molecule has 0 amide bonds. The topological polar surface area (TPSA) is 38.9 Å². The Morgan fingerprint density at radius 2 is 2.18 bits per heavy atom. The molecular weight excluding hydrogens is 150 g/mol. The van der Waals surface area contributed by atoms with Crippen LogP contribution in [0.1, 0.15) is 18.5 Å². The minimum Gasteiger partial charge on any atom is -0.324 e. The molecule has 0 radical (unpaired) electrons. The molecule has 1 aromatic rings. The second-order valence-corrected chi connectivity index (χ2v) is 2.29. The maximum atomic E-state index is 12.7. The summed E-state index contributed by atoms with van der Waals surface area (Å²) in [6.45, 7) is 1.58. The maximum Gasteiger partial charge on any atom is 0.249 e. The van der Waals surface area contributed by atoms with Gasteiger partial charge >= 0.3 is 0 Å². The first-order chi connectivity index (χ1) is 5.13. The average Bonchev–Trinajstić information content (AvgIpc) is 1.94. The Morgan fingerprint density at radius 3 is 2.64 bits per heavy atom. The lowest BCUT2D eigenvalue weighted by Crippen LogP contribution is -2.09. The Balaban J connectivity index is 3.17. The van der Waals surface area contributed by atoms with E-state index in [2.05, 4.69) is 4.98 Å². The molecule has 0 unspecified atom stereocenters. The molecule has 0 fully saturated rings. The summed E-state index contributed by atoms with van der Waals surface area (Å²) in [6, 6.07) is 0.857. The van der Waals surface area contributed by atoms with Crippen molar-refractivity contribution in [3.05, 3.63) is 29.6 Å². The summed E-state index contributed by atoms with van der Waals surface area (Å²) in [5, 5.41) is 0. The van der Waals surface area contributed by atoms with E-state index in [0.717, 1.165) is 0 Å². The van der Waals surface area contributed by atoms with Crippen LogP contribution in [0.25, 0.3) is 0 Å². The van der Waals surface area contributed by atoms with Crippen molar-refractivity contribution in [3.8, 4) is 0 Å². The SMILES string of the molecule is C[C@H](N)c1ccnc(F)c1F. The fourth-order valence-electron chi connectivity index (χ4n) is 0.784. The molecule has 1 aromatic heterocycles. The van der Waals surface area contributed by atoms with Gasteiger partial charge in [-0.2, -0.15) is 4.39 Å². The summed E-state index contributed by atoms with van der Waals surface area (Å²) in [5.74, 6) is -2.05. The van der Waals surface area contributed by atoms with Crippen molar-refractivity contribution in [1.82, 2.24) is 4.98 Å². The van der Waals surface area contributed by atoms with Gasteiger partial charge in [0.05, 0.1) is 0 Å². The highest BCUT2D eigenvalue weighted by Crippen LogP contribution is 2.14. The largest absolute Gasteiger partial charge is 0.324 e. The van der Waals surface area contributed by atoms with Crippen LogP contribution >= 0.6 is 0 Å². The van der Waals surface area contributed by atoms with Gasteiger partial charge < -0.3 is 5.73 Å². The lowest BCUT2D eigenvalue weighted by Gasteiger charge is -2.05. The summed E-state index contributed by atoms with van der Waals surface area (Å²) in [6.07, 6.45) is 1.19. The van der Waals surface area contributed by atoms with Crippen molar-refractivity contribution in [2.24, 2.45) is 5.73 Å². The lowest BCUT2D eigenvalue weighted by atomic mass is 10.1. The molecule has 0 aromatic carbocycles. The number of nitrogens with zero attached hydrogens (tertiary/aromatic N) is 1. The van der Waals surface area contributed by atoms with Gasteiger partial charge in [0.25, 0.3) is 0 Å². The molecule has 1 rings (SSSR count). The van der Waals surface area contributed by atoms with E-state index in [9.17, 15) is 8.78 Å². The van der Waals surface area contributed by atoms with Crippen LogP contribution in [0.4, 0.5) is 8.78 Å². The molecule has 0 aliphatic rings. The molecule has 1 heterocycles. The van der Waals surface area contributed by atoms with Gasteiger partial charge in [-0.05, 0) is 13.0 Å². The molecule has 0 bridgehead atoms. The van der Waals surface area contributed by atoms with Gasteiger partial charge in [-0.3, -0.25) is 0 Å². The highest BCUT2D eigenvalue weighted by Gasteiger charge is 2.11. The standard InChI is InChI=1S/C7H8F2N2/c1-4(10)5-2-3-11-7(9)6(5)8/h2-4H,10H2,1H3/t4-/m0/s1. The summed E-state index contributed by atoms with van der Waals surface area (Å²) in [4.78, 5) is 3.12. The monoisotopic (exact) mass is 158 g/mol. The van der Waals surface area contributed by atoms with Crippen LogP contribution in [0.3, 0.4) is 0 Å². The smallest absolute Gasteiger partial charge is 0.249 e. The van der Waals surface area contributed by atoms with Crippen molar-refractivity contribution < 1.29 is 8.78 Å². The molecule has 2 nitrogen and oxygen atoms in total. The third kappa shape index (κ3) is 1.51. The molecule has 1 atom stereocenters. The molecule has 0 saturated carbocycles. The zero-order valence-corrected chi connectivity index (χ0v) is 6.01. The predicted molar refractivity (Wildman–Crippen MR) is 36.8 cm³/mol. The zero-order valence-electron chi connectivity index (χ0n) is 6.01. The second kappa shape index (κ2) is 2.92. The van der Waals surface area contributed by atoms with E-state index in [1.165, 1.54) is 12.3 Å². The predicted octanol–water partition coefficient (Wildman–Crippen LogP) is 1.38. The Kier molecular flexibility index (Phi) is 2.14. The van der Waals surface area contributed by atoms with Crippen molar-refractivity contribution in [3.63, 3.8) is 0 Å². The first-order valence-electron chi connectivity index (χ1n) is 3.18. The highest BCUT2D eigenvalue weighted by molar-refractivity contribution is 5.16. The van der Waals surface area contributed by atoms with Crippen LogP contribution in [-0.4, -0.2) is 4.98 Å². The first-order valence-corrected chi connectivity index (χ1v) is 3.18. The van der Waals surface area contributed by atoms with E-state index in [1.807, 2.05) is 0 Å². The third-order valence-corrected chi connectivity index (χ3v) is 1.37. The Hall–Kier alpha value is -1.03. The van der Waals surface area contributed by atoms with Crippen LogP contribution < -0.4 is 5.73 Å². The van der Waals surface area contributed by atoms with Crippen molar-refractivity contribution in [2.45, 2.75) is 13.0 Å². The molecule has 60 valence electrons. The molecule has 0 saturated heterocycles. The summed E-state index contributed by atoms with van der Waals surface area (Å²) in [7, 11) is 0. The number of hydrogen-bond donors (Lipinski definition) is 1. The van der Waals surface area contributed by atoms with E-state index in [1.54, 1.807) is 6.92 Å². The van der Waals surface area contributed by atoms with Crippen molar-refractivity contribution >= 4 is 0 Å². The number of hydrogen-bond acceptors (Lipinski definition) is 2. The number of aromatic nitrogens is 1. The number of nitrogens with two attached hydrogens (primary N) is 1. The minimum absolute atomic E-state index is 0.150. The zero-order chi connectivity index (χ0) is 8.43. The lowest BCUT2D eigenvalue weighted by molar-refractivity contribution is 0.465. The summed E-state index contributed by atoms with van der Waals surface area (Å²) < 4.78 is 25.1. The molecular formula is C7H8F2N2. The molecule has 4 heteroatoms. The van der Waals surface area contributed by atoms with E-state index < -0.39 is 17.8 Å². The van der Waals surface area contributed by atoms with Crippen molar-refractivity contribution in [2.75, 3.05) is 0 Å². The van der Waals surface area contributed by atoms with Gasteiger partial charge in [0.2, 0.25) is 5.95 Å². The first kappa shape index (κ1) is 8.07. The van der Waals surface area contributed by atoms with Crippen molar-refractivity contribution in [1.29, 1.82) is 0 Å².